The van der Waals surface area contributed by atoms with Gasteiger partial charge in [0.2, 0.25) is 10.0 Å². The van der Waals surface area contributed by atoms with Gasteiger partial charge in [-0.3, -0.25) is 19.2 Å². The van der Waals surface area contributed by atoms with Crippen LogP contribution in [0.15, 0.2) is 42.9 Å². The molecule has 3 N–H and O–H groups in total. The highest BCUT2D eigenvalue weighted by Gasteiger charge is 2.50. The van der Waals surface area contributed by atoms with Crippen LogP contribution in [0.4, 0.5) is 45.2 Å². The molecule has 0 bridgehead atoms. The number of hydrogen-bond donors (Lipinski definition) is 3. The van der Waals surface area contributed by atoms with Crippen molar-refractivity contribution in [3.63, 3.8) is 0 Å². The first kappa shape index (κ1) is 38.8. The van der Waals surface area contributed by atoms with Crippen molar-refractivity contribution in [2.45, 2.75) is 36.9 Å². The summed E-state index contributed by atoms with van der Waals surface area (Å²) in [5, 5.41) is 21.4. The molecule has 0 radical (unpaired) electrons. The van der Waals surface area contributed by atoms with Gasteiger partial charge in [-0.1, -0.05) is 6.07 Å². The van der Waals surface area contributed by atoms with E-state index in [1.807, 2.05) is 18.3 Å². The van der Waals surface area contributed by atoms with Crippen LogP contribution in [0, 0.1) is 0 Å². The highest BCUT2D eigenvalue weighted by molar-refractivity contribution is 7.92. The first-order valence-electron chi connectivity index (χ1n) is 11.8. The summed E-state index contributed by atoms with van der Waals surface area (Å²) < 4.78 is 121. The van der Waals surface area contributed by atoms with Gasteiger partial charge in [-0.2, -0.15) is 39.5 Å². The van der Waals surface area contributed by atoms with Gasteiger partial charge in [0.25, 0.3) is 0 Å². The van der Waals surface area contributed by atoms with Crippen LogP contribution in [-0.2, 0) is 36.4 Å². The Morgan fingerprint density at radius 1 is 0.844 bits per heavy atom. The summed E-state index contributed by atoms with van der Waals surface area (Å²) in [6.07, 6.45) is -7.64. The quantitative estimate of drug-likeness (QED) is 0.404. The van der Waals surface area contributed by atoms with E-state index in [1.165, 1.54) is 16.1 Å². The Kier molecular flexibility index (Phi) is 12.7. The summed E-state index contributed by atoms with van der Waals surface area (Å²) in [5.41, 5.74) is 2.63. The van der Waals surface area contributed by atoms with Gasteiger partial charge in [-0.25, -0.2) is 22.8 Å². The highest BCUT2D eigenvalue weighted by Crippen LogP contribution is 2.46. The van der Waals surface area contributed by atoms with Crippen LogP contribution in [-0.4, -0.2) is 101 Å². The molecule has 4 rings (SSSR count). The minimum absolute atomic E-state index is 0.206. The number of pyridine rings is 2. The number of hydrogen-bond acceptors (Lipinski definition) is 8. The maximum Gasteiger partial charge on any atom is 0.490 e. The number of aliphatic carboxylic acids is 3. The molecule has 12 nitrogen and oxygen atoms in total. The smallest absolute Gasteiger partial charge is 0.475 e. The van der Waals surface area contributed by atoms with E-state index < -0.39 is 46.5 Å². The second-order valence-corrected chi connectivity index (χ2v) is 11.1. The Morgan fingerprint density at radius 3 is 1.71 bits per heavy atom. The number of carboxylic acid groups (broad SMARTS) is 3. The maximum absolute atomic E-state index is 12.2. The van der Waals surface area contributed by atoms with Crippen molar-refractivity contribution in [2.75, 3.05) is 30.2 Å². The van der Waals surface area contributed by atoms with E-state index in [2.05, 4.69) is 20.9 Å². The van der Waals surface area contributed by atoms with E-state index in [4.69, 9.17) is 29.7 Å². The van der Waals surface area contributed by atoms with Crippen molar-refractivity contribution in [1.82, 2.24) is 14.9 Å². The standard InChI is InChI=1S/C17H20N4O2S.3C2HF3O2/c1-24(22,23)21-13-17(16-15(21)5-3-8-19-16)6-9-20(12-17)11-14-4-2-7-18-10-14;3*3-2(4,5)1(6)7/h2-5,7-8,10H,6,9,11-13H2,1H3;3*(H,6,7). The van der Waals surface area contributed by atoms with E-state index in [9.17, 15) is 47.9 Å². The largest absolute Gasteiger partial charge is 0.490 e. The summed E-state index contributed by atoms with van der Waals surface area (Å²) in [5.74, 6) is -8.27. The van der Waals surface area contributed by atoms with Crippen molar-refractivity contribution in [2.24, 2.45) is 0 Å². The Labute approximate surface area is 247 Å². The zero-order chi connectivity index (χ0) is 35.0. The minimum atomic E-state index is -5.08. The molecule has 0 amide bonds. The molecule has 1 saturated heterocycles. The fraction of sp³-hybridized carbons (Fsp3) is 0.435. The fourth-order valence-corrected chi connectivity index (χ4v) is 4.89. The molecular weight excluding hydrogens is 663 g/mol. The third kappa shape index (κ3) is 12.0. The average Bonchev–Trinajstić information content (AvgIpc) is 3.45. The summed E-state index contributed by atoms with van der Waals surface area (Å²) in [6, 6.07) is 7.68. The molecule has 0 saturated carbocycles. The van der Waals surface area contributed by atoms with Gasteiger partial charge >= 0.3 is 36.4 Å². The monoisotopic (exact) mass is 686 g/mol. The van der Waals surface area contributed by atoms with Crippen LogP contribution < -0.4 is 4.31 Å². The van der Waals surface area contributed by atoms with Gasteiger partial charge < -0.3 is 15.3 Å². The van der Waals surface area contributed by atoms with Gasteiger partial charge in [0.05, 0.1) is 17.6 Å². The zero-order valence-electron chi connectivity index (χ0n) is 22.6. The number of carbonyl (C=O) groups is 3. The van der Waals surface area contributed by atoms with Crippen LogP contribution in [0.5, 0.6) is 0 Å². The number of sulfonamides is 1. The van der Waals surface area contributed by atoms with Crippen LogP contribution in [0.3, 0.4) is 0 Å². The number of rotatable bonds is 3. The topological polar surface area (TPSA) is 178 Å². The van der Waals surface area contributed by atoms with E-state index in [-0.39, 0.29) is 5.41 Å². The maximum atomic E-state index is 12.2. The van der Waals surface area contributed by atoms with Crippen LogP contribution in [0.2, 0.25) is 0 Å². The Balaban J connectivity index is 0.000000396. The number of alkyl halides is 9. The summed E-state index contributed by atoms with van der Waals surface area (Å²) in [6.45, 7) is 3.07. The minimum Gasteiger partial charge on any atom is -0.475 e. The first-order chi connectivity index (χ1) is 20.3. The Morgan fingerprint density at radius 2 is 1.31 bits per heavy atom. The highest BCUT2D eigenvalue weighted by atomic mass is 32.2. The first-order valence-corrected chi connectivity index (χ1v) is 13.6. The SMILES string of the molecule is CS(=O)(=O)N1CC2(CCN(Cc3cccnc3)C2)c2ncccc21.O=C(O)C(F)(F)F.O=C(O)C(F)(F)F.O=C(O)C(F)(F)F. The Hall–Kier alpha value is -4.21. The predicted molar refractivity (Wildman–Crippen MR) is 133 cm³/mol. The molecule has 1 spiro atoms. The third-order valence-corrected chi connectivity index (χ3v) is 6.82. The molecule has 0 aliphatic carbocycles. The molecule has 1 atom stereocenters. The number of aromatic nitrogens is 2. The lowest BCUT2D eigenvalue weighted by Gasteiger charge is -2.25. The molecule has 2 aromatic rings. The summed E-state index contributed by atoms with van der Waals surface area (Å²) in [7, 11) is -3.29. The number of anilines is 1. The molecular formula is C23H23F9N4O8S. The summed E-state index contributed by atoms with van der Waals surface area (Å²) in [4.78, 5) is 37.8. The number of nitrogens with zero attached hydrogens (tertiary/aromatic N) is 4. The van der Waals surface area contributed by atoms with E-state index in [1.54, 1.807) is 18.5 Å². The number of likely N-dealkylation sites (tertiary alicyclic amines) is 1. The normalized spacial score (nSPS) is 18.0. The number of carboxylic acids is 3. The second-order valence-electron chi connectivity index (χ2n) is 9.15. The second kappa shape index (κ2) is 14.7. The zero-order valence-corrected chi connectivity index (χ0v) is 23.4. The molecule has 1 unspecified atom stereocenters. The lowest BCUT2D eigenvalue weighted by atomic mass is 9.85. The van der Waals surface area contributed by atoms with E-state index in [0.29, 0.717) is 6.54 Å². The lowest BCUT2D eigenvalue weighted by molar-refractivity contribution is -0.193. The molecule has 2 aromatic heterocycles. The van der Waals surface area contributed by atoms with Crippen molar-refractivity contribution >= 4 is 33.6 Å². The molecule has 45 heavy (non-hydrogen) atoms. The third-order valence-electron chi connectivity index (χ3n) is 5.69. The molecule has 252 valence electrons. The molecule has 2 aliphatic heterocycles. The molecule has 4 heterocycles. The van der Waals surface area contributed by atoms with Crippen LogP contribution in [0.25, 0.3) is 0 Å². The predicted octanol–water partition coefficient (Wildman–Crippen LogP) is 3.30. The van der Waals surface area contributed by atoms with Gasteiger partial charge in [0.1, 0.15) is 0 Å². The molecule has 2 aliphatic rings. The lowest BCUT2D eigenvalue weighted by Crippen LogP contribution is -2.38. The van der Waals surface area contributed by atoms with Crippen LogP contribution >= 0.6 is 0 Å². The van der Waals surface area contributed by atoms with Crippen molar-refractivity contribution in [1.29, 1.82) is 0 Å². The Bertz CT molecular complexity index is 1380. The summed E-state index contributed by atoms with van der Waals surface area (Å²) >= 11 is 0. The van der Waals surface area contributed by atoms with Crippen molar-refractivity contribution in [3.05, 3.63) is 54.1 Å². The number of halogens is 9. The number of fused-ring (bicyclic) bond motifs is 2. The van der Waals surface area contributed by atoms with Gasteiger partial charge in [0.15, 0.2) is 0 Å². The molecule has 0 aromatic carbocycles. The van der Waals surface area contributed by atoms with Crippen molar-refractivity contribution in [3.8, 4) is 0 Å². The van der Waals surface area contributed by atoms with Crippen molar-refractivity contribution < 1.29 is 77.6 Å². The van der Waals surface area contributed by atoms with Gasteiger partial charge in [0, 0.05) is 43.6 Å². The molecule has 1 fully saturated rings. The van der Waals surface area contributed by atoms with E-state index >= 15 is 0 Å². The van der Waals surface area contributed by atoms with E-state index in [0.717, 1.165) is 37.4 Å². The van der Waals surface area contributed by atoms with Gasteiger partial charge in [-0.15, -0.1) is 0 Å². The molecule has 22 heteroatoms. The fourth-order valence-electron chi connectivity index (χ4n) is 3.90. The van der Waals surface area contributed by atoms with Crippen LogP contribution in [0.1, 0.15) is 17.7 Å². The van der Waals surface area contributed by atoms with Gasteiger partial charge in [-0.05, 0) is 36.7 Å². The average molecular weight is 687 g/mol.